The minimum atomic E-state index is -0.538. The molecule has 0 saturated heterocycles. The van der Waals surface area contributed by atoms with Crippen LogP contribution in [0.15, 0.2) is 59.0 Å². The van der Waals surface area contributed by atoms with E-state index in [1.54, 1.807) is 25.1 Å². The number of hydrogen-bond donors (Lipinski definition) is 1. The second-order valence-corrected chi connectivity index (χ2v) is 6.71. The van der Waals surface area contributed by atoms with Crippen molar-refractivity contribution in [1.82, 2.24) is 4.98 Å². The lowest BCUT2D eigenvalue weighted by Gasteiger charge is -2.07. The molecule has 1 N–H and O–H groups in total. The molecule has 2 aromatic heterocycles. The summed E-state index contributed by atoms with van der Waals surface area (Å²) in [6.07, 6.45) is 0. The first kappa shape index (κ1) is 17.2. The van der Waals surface area contributed by atoms with Gasteiger partial charge in [0.05, 0.1) is 16.8 Å². The number of fused-ring (bicyclic) bond motifs is 1. The minimum absolute atomic E-state index is 0.124. The Morgan fingerprint density at radius 3 is 2.85 bits per heavy atom. The summed E-state index contributed by atoms with van der Waals surface area (Å²) in [6.45, 7) is 2.14. The quantitative estimate of drug-likeness (QED) is 0.506. The number of nitrogens with one attached hydrogen (secondary N) is 1. The smallest absolute Gasteiger partial charge is 0.291 e. The van der Waals surface area contributed by atoms with Gasteiger partial charge in [0.2, 0.25) is 0 Å². The minimum Gasteiger partial charge on any atom is -0.491 e. The number of para-hydroxylation sites is 1. The van der Waals surface area contributed by atoms with Crippen LogP contribution in [0.25, 0.3) is 21.0 Å². The average Bonchev–Trinajstić information content (AvgIpc) is 3.30. The second kappa shape index (κ2) is 7.20. The molecule has 2 aromatic carbocycles. The number of rotatable bonds is 5. The molecule has 0 atom stereocenters. The number of ether oxygens (including phenoxy) is 1. The van der Waals surface area contributed by atoms with Crippen molar-refractivity contribution >= 4 is 33.1 Å². The van der Waals surface area contributed by atoms with E-state index in [4.69, 9.17) is 9.15 Å². The van der Waals surface area contributed by atoms with E-state index in [0.717, 1.165) is 10.2 Å². The van der Waals surface area contributed by atoms with Crippen molar-refractivity contribution < 1.29 is 18.3 Å². The van der Waals surface area contributed by atoms with E-state index in [2.05, 4.69) is 10.3 Å². The van der Waals surface area contributed by atoms with Gasteiger partial charge in [0, 0.05) is 11.8 Å². The third kappa shape index (κ3) is 3.54. The maximum atomic E-state index is 13.9. The molecule has 1 amide bonds. The molecule has 0 unspecified atom stereocenters. The van der Waals surface area contributed by atoms with Crippen molar-refractivity contribution in [1.29, 1.82) is 0 Å². The lowest BCUT2D eigenvalue weighted by Crippen LogP contribution is -2.11. The fourth-order valence-electron chi connectivity index (χ4n) is 2.60. The molecule has 136 valence electrons. The highest BCUT2D eigenvalue weighted by Gasteiger charge is 2.16. The molecule has 0 aliphatic rings. The molecule has 4 aromatic rings. The van der Waals surface area contributed by atoms with Gasteiger partial charge in [0.15, 0.2) is 28.1 Å². The van der Waals surface area contributed by atoms with Gasteiger partial charge < -0.3 is 14.5 Å². The Labute approximate surface area is 158 Å². The van der Waals surface area contributed by atoms with E-state index in [0.29, 0.717) is 23.1 Å². The monoisotopic (exact) mass is 382 g/mol. The van der Waals surface area contributed by atoms with Gasteiger partial charge in [0.1, 0.15) is 0 Å². The molecule has 0 aliphatic carbocycles. The van der Waals surface area contributed by atoms with Crippen molar-refractivity contribution in [2.45, 2.75) is 6.92 Å². The summed E-state index contributed by atoms with van der Waals surface area (Å²) in [4.78, 5) is 16.9. The van der Waals surface area contributed by atoms with E-state index >= 15 is 0 Å². The molecule has 0 radical (unpaired) electrons. The number of benzene rings is 2. The number of nitrogens with zero attached hydrogens (tertiary/aromatic N) is 1. The predicted molar refractivity (Wildman–Crippen MR) is 103 cm³/mol. The highest BCUT2D eigenvalue weighted by Crippen LogP contribution is 2.31. The Morgan fingerprint density at radius 2 is 2.07 bits per heavy atom. The number of furan rings is 1. The molecule has 5 nitrogen and oxygen atoms in total. The van der Waals surface area contributed by atoms with E-state index in [9.17, 15) is 9.18 Å². The standard InChI is InChI=1S/C20H15FN2O3S/c1-2-25-15-8-7-12(11-13(15)21)22-19(24)16-9-10-17(26-16)20-23-14-5-3-4-6-18(14)27-20/h3-11H,2H2,1H3,(H,22,24). The van der Waals surface area contributed by atoms with E-state index in [-0.39, 0.29) is 11.5 Å². The molecule has 2 heterocycles. The van der Waals surface area contributed by atoms with Gasteiger partial charge in [-0.25, -0.2) is 9.37 Å². The zero-order valence-electron chi connectivity index (χ0n) is 14.4. The van der Waals surface area contributed by atoms with Crippen LogP contribution in [0.2, 0.25) is 0 Å². The molecule has 4 rings (SSSR count). The van der Waals surface area contributed by atoms with Crippen molar-refractivity contribution in [3.05, 3.63) is 66.2 Å². The third-order valence-electron chi connectivity index (χ3n) is 3.82. The summed E-state index contributed by atoms with van der Waals surface area (Å²) in [5, 5.41) is 3.31. The number of carbonyl (C=O) groups excluding carboxylic acids is 1. The molecular formula is C20H15FN2O3S. The van der Waals surface area contributed by atoms with Crippen LogP contribution >= 0.6 is 11.3 Å². The fraction of sp³-hybridized carbons (Fsp3) is 0.100. The number of amides is 1. The Hall–Kier alpha value is -3.19. The molecule has 0 fully saturated rings. The van der Waals surface area contributed by atoms with Gasteiger partial charge in [-0.15, -0.1) is 11.3 Å². The normalized spacial score (nSPS) is 10.9. The van der Waals surface area contributed by atoms with Gasteiger partial charge in [-0.3, -0.25) is 4.79 Å². The van der Waals surface area contributed by atoms with Gasteiger partial charge in [0.25, 0.3) is 5.91 Å². The first-order valence-corrected chi connectivity index (χ1v) is 9.15. The number of halogens is 1. The van der Waals surface area contributed by atoms with E-state index < -0.39 is 11.7 Å². The molecule has 27 heavy (non-hydrogen) atoms. The van der Waals surface area contributed by atoms with Crippen molar-refractivity contribution in [3.63, 3.8) is 0 Å². The van der Waals surface area contributed by atoms with Crippen LogP contribution in [0, 0.1) is 5.82 Å². The SMILES string of the molecule is CCOc1ccc(NC(=O)c2ccc(-c3nc4ccccc4s3)o2)cc1F. The number of anilines is 1. The highest BCUT2D eigenvalue weighted by atomic mass is 32.1. The van der Waals surface area contributed by atoms with Gasteiger partial charge >= 0.3 is 0 Å². The zero-order chi connectivity index (χ0) is 18.8. The van der Waals surface area contributed by atoms with Gasteiger partial charge in [-0.1, -0.05) is 12.1 Å². The van der Waals surface area contributed by atoms with E-state index in [1.807, 2.05) is 24.3 Å². The Bertz CT molecular complexity index is 1090. The maximum Gasteiger partial charge on any atom is 0.291 e. The van der Waals surface area contributed by atoms with Crippen LogP contribution in [0.3, 0.4) is 0 Å². The van der Waals surface area contributed by atoms with Crippen LogP contribution in [0.1, 0.15) is 17.5 Å². The molecule has 0 saturated carbocycles. The number of aromatic nitrogens is 1. The number of carbonyl (C=O) groups is 1. The third-order valence-corrected chi connectivity index (χ3v) is 4.88. The summed E-state index contributed by atoms with van der Waals surface area (Å²) >= 11 is 1.49. The maximum absolute atomic E-state index is 13.9. The summed E-state index contributed by atoms with van der Waals surface area (Å²) < 4.78 is 25.7. The molecule has 0 aliphatic heterocycles. The summed E-state index contributed by atoms with van der Waals surface area (Å²) in [7, 11) is 0. The fourth-order valence-corrected chi connectivity index (χ4v) is 3.52. The summed E-state index contributed by atoms with van der Waals surface area (Å²) in [6, 6.07) is 15.3. The van der Waals surface area contributed by atoms with Crippen molar-refractivity contribution in [3.8, 4) is 16.5 Å². The predicted octanol–water partition coefficient (Wildman–Crippen LogP) is 5.35. The van der Waals surface area contributed by atoms with Crippen LogP contribution in [-0.4, -0.2) is 17.5 Å². The lowest BCUT2D eigenvalue weighted by molar-refractivity contribution is 0.0997. The topological polar surface area (TPSA) is 64.4 Å². The Morgan fingerprint density at radius 1 is 1.22 bits per heavy atom. The molecule has 0 spiro atoms. The van der Waals surface area contributed by atoms with Crippen molar-refractivity contribution in [2.75, 3.05) is 11.9 Å². The molecule has 7 heteroatoms. The summed E-state index contributed by atoms with van der Waals surface area (Å²) in [5.41, 5.74) is 1.20. The van der Waals surface area contributed by atoms with Crippen LogP contribution in [-0.2, 0) is 0 Å². The van der Waals surface area contributed by atoms with Crippen LogP contribution in [0.4, 0.5) is 10.1 Å². The first-order chi connectivity index (χ1) is 13.1. The highest BCUT2D eigenvalue weighted by molar-refractivity contribution is 7.21. The van der Waals surface area contributed by atoms with Crippen molar-refractivity contribution in [2.24, 2.45) is 0 Å². The lowest BCUT2D eigenvalue weighted by atomic mass is 10.2. The number of hydrogen-bond acceptors (Lipinski definition) is 5. The Kier molecular flexibility index (Phi) is 4.60. The number of thiazole rings is 1. The van der Waals surface area contributed by atoms with E-state index in [1.165, 1.54) is 23.5 Å². The summed E-state index contributed by atoms with van der Waals surface area (Å²) in [5.74, 6) is -0.223. The zero-order valence-corrected chi connectivity index (χ0v) is 15.2. The second-order valence-electron chi connectivity index (χ2n) is 5.68. The first-order valence-electron chi connectivity index (χ1n) is 8.33. The van der Waals surface area contributed by atoms with Gasteiger partial charge in [-0.05, 0) is 43.3 Å². The van der Waals surface area contributed by atoms with Crippen LogP contribution < -0.4 is 10.1 Å². The molecule has 0 bridgehead atoms. The largest absolute Gasteiger partial charge is 0.491 e. The van der Waals surface area contributed by atoms with Gasteiger partial charge in [-0.2, -0.15) is 0 Å². The van der Waals surface area contributed by atoms with Crippen LogP contribution in [0.5, 0.6) is 5.75 Å². The Balaban J connectivity index is 1.52. The average molecular weight is 382 g/mol. The molecular weight excluding hydrogens is 367 g/mol.